The molecule has 688 valence electrons. The maximum absolute atomic E-state index is 12.8. The van der Waals surface area contributed by atoms with Gasteiger partial charge in [-0.15, -0.1) is 0 Å². The Balaban J connectivity index is 0.000000114. The second-order valence-corrected chi connectivity index (χ2v) is 40.7. The number of nitrogens with zero attached hydrogens (tertiary/aromatic N) is 4. The summed E-state index contributed by atoms with van der Waals surface area (Å²) in [4.78, 5) is 116. The predicted molar refractivity (Wildman–Crippen MR) is 494 cm³/mol. The van der Waals surface area contributed by atoms with Gasteiger partial charge in [0.25, 0.3) is 0 Å². The molecule has 0 radical (unpaired) electrons. The Kier molecular flexibility index (Phi) is 24.4. The maximum Gasteiger partial charge on any atom is 0.302 e. The minimum Gasteiger partial charge on any atom is -0.489 e. The fraction of sp³-hybridized carbons (Fsp3) is 0.481. The average molecular weight is 1790 g/mol. The van der Waals surface area contributed by atoms with Gasteiger partial charge in [0, 0.05) is 198 Å². The highest BCUT2D eigenvalue weighted by atomic mass is 16.6. The van der Waals surface area contributed by atoms with Gasteiger partial charge in [0.15, 0.2) is 23.1 Å². The molecule has 16 aliphatic rings. The molecule has 4 aliphatic heterocycles. The van der Waals surface area contributed by atoms with E-state index in [1.165, 1.54) is 44.4 Å². The van der Waals surface area contributed by atoms with Crippen LogP contribution in [-0.2, 0) is 76.3 Å². The number of carbonyl (C=O) groups excluding carboxylic acids is 8. The van der Waals surface area contributed by atoms with Gasteiger partial charge in [0.2, 0.25) is 0 Å². The Morgan fingerprint density at radius 2 is 0.720 bits per heavy atom. The third-order valence-corrected chi connectivity index (χ3v) is 32.9. The topological polar surface area (TPSA) is 366 Å². The lowest BCUT2D eigenvalue weighted by Gasteiger charge is -2.48. The molecule has 6 fully saturated rings. The van der Waals surface area contributed by atoms with Crippen LogP contribution in [0.15, 0.2) is 239 Å². The Hall–Kier alpha value is -11.4. The SMILES string of the molecule is CC(=O)OC1C[C@H]2[C@@H]3OC4=C(C=C3C=C[C@]2(C)[C@H]1c1cccc2cnccc12)C(=O)CC(CN)C4.CC(=O)OC1C[C@H]2[C@@H]3OC4=C(C=C3C=C[C@]2(C)[C@H]1c1cccnc1)C(=O)CC(CN)C4.CC(=O)OC1C[C@H]2[C@@H]3OC4=C(C=C3CC[C@]2(C)[C@H]1c1cccc2cnccc12)C(=O)CC(CN)C4.CC(=O)OC1C[C@H]2[C@@H]3OC4=C(C=C3CC[C@]2(C)[C@H]1c1cccnc1)C(=O)CC(CN)C4. The molecule has 4 aromatic heterocycles. The number of allylic oxidation sites excluding steroid dienone is 14. The Morgan fingerprint density at radius 3 is 1.11 bits per heavy atom. The molecule has 6 aromatic rings. The summed E-state index contributed by atoms with van der Waals surface area (Å²) in [5.41, 5.74) is 34.7. The number of ketones is 4. The van der Waals surface area contributed by atoms with E-state index in [4.69, 9.17) is 60.8 Å². The number of carbonyl (C=O) groups is 8. The Labute approximate surface area is 770 Å². The summed E-state index contributed by atoms with van der Waals surface area (Å²) in [6.07, 6.45) is 41.4. The van der Waals surface area contributed by atoms with Gasteiger partial charge in [-0.2, -0.15) is 0 Å². The van der Waals surface area contributed by atoms with E-state index in [1.807, 2.05) is 73.6 Å². The summed E-state index contributed by atoms with van der Waals surface area (Å²) >= 11 is 0. The zero-order chi connectivity index (χ0) is 92.1. The molecule has 6 saturated carbocycles. The van der Waals surface area contributed by atoms with Crippen LogP contribution in [0, 0.1) is 69.0 Å². The number of nitrogens with two attached hydrogens (primary N) is 4. The quantitative estimate of drug-likeness (QED) is 0.0653. The first-order valence-electron chi connectivity index (χ1n) is 47.5. The highest BCUT2D eigenvalue weighted by Crippen LogP contribution is 2.67. The summed E-state index contributed by atoms with van der Waals surface area (Å²) in [5, 5.41) is 4.44. The van der Waals surface area contributed by atoms with E-state index in [1.54, 1.807) is 12.4 Å². The van der Waals surface area contributed by atoms with Gasteiger partial charge in [-0.25, -0.2) is 0 Å². The monoisotopic (exact) mass is 1780 g/mol. The lowest BCUT2D eigenvalue weighted by atomic mass is 9.60. The predicted octanol–water partition coefficient (Wildman–Crippen LogP) is 15.6. The van der Waals surface area contributed by atoms with Crippen molar-refractivity contribution in [3.63, 3.8) is 0 Å². The number of esters is 4. The van der Waals surface area contributed by atoms with Crippen LogP contribution in [0.1, 0.15) is 204 Å². The molecule has 12 aliphatic carbocycles. The molecule has 24 heteroatoms. The molecular formula is C108H120N8O16. The third-order valence-electron chi connectivity index (χ3n) is 32.9. The van der Waals surface area contributed by atoms with Gasteiger partial charge in [-0.3, -0.25) is 58.3 Å². The van der Waals surface area contributed by atoms with Gasteiger partial charge in [0.05, 0.1) is 22.3 Å². The van der Waals surface area contributed by atoms with Crippen molar-refractivity contribution in [3.8, 4) is 0 Å². The zero-order valence-corrected chi connectivity index (χ0v) is 76.5. The van der Waals surface area contributed by atoms with E-state index < -0.39 is 0 Å². The molecule has 0 bridgehead atoms. The van der Waals surface area contributed by atoms with Crippen LogP contribution in [0.5, 0.6) is 0 Å². The number of fused-ring (bicyclic) bond motifs is 14. The molecule has 8 heterocycles. The van der Waals surface area contributed by atoms with Crippen molar-refractivity contribution in [2.24, 2.45) is 91.9 Å². The summed E-state index contributed by atoms with van der Waals surface area (Å²) < 4.78 is 50.1. The minimum absolute atomic E-state index is 0.0170. The standard InChI is InChI=1S/C29H32N2O4.C29H30N2O4.C25H30N2O4.C25H28N2O4/c2*1-16(32)34-26-13-23-28-18(12-22-24(33)10-17(14-30)11-25(22)35-28)6-8-29(23,2)27(26)21-5-3-4-19-15-31-9-7-20(19)21;2*1-14(28)30-22-11-19-24-16(10-18-20(29)8-15(12-26)9-21(18)31-24)5-6-25(19,2)23(22)17-4-3-7-27-13-17/h3-5,7,9,12,15,17,23,26-28H,6,8,10-11,13-14,30H2,1-2H3;3-9,12,15,17,23,26-28H,10-11,13-14,30H2,1-2H3;3-4,7,10,13,15,19,22-24H,5-6,8-9,11-12,26H2,1-2H3;3-7,10,13,15,19,22-24H,8-9,11-12,26H2,1-2H3/t2*17?,23-,26?,27-,28+,29-;2*15?,19-,22?,23-,24+,25-/m0000/s1. The van der Waals surface area contributed by atoms with Crippen LogP contribution in [0.25, 0.3) is 21.5 Å². The molecule has 24 nitrogen and oxygen atoms in total. The highest BCUT2D eigenvalue weighted by Gasteiger charge is 2.65. The number of pyridine rings is 4. The summed E-state index contributed by atoms with van der Waals surface area (Å²) in [6.45, 7) is 16.9. The molecule has 8 unspecified atom stereocenters. The number of hydrogen-bond donors (Lipinski definition) is 4. The van der Waals surface area contributed by atoms with Crippen molar-refractivity contribution in [1.29, 1.82) is 0 Å². The van der Waals surface area contributed by atoms with E-state index in [0.717, 1.165) is 129 Å². The van der Waals surface area contributed by atoms with Gasteiger partial charge < -0.3 is 60.8 Å². The van der Waals surface area contributed by atoms with Gasteiger partial charge in [0.1, 0.15) is 71.9 Å². The number of ether oxygens (including phenoxy) is 8. The second-order valence-electron chi connectivity index (χ2n) is 40.7. The van der Waals surface area contributed by atoms with E-state index in [-0.39, 0.29) is 189 Å². The van der Waals surface area contributed by atoms with Crippen molar-refractivity contribution in [1.82, 2.24) is 19.9 Å². The van der Waals surface area contributed by atoms with E-state index >= 15 is 0 Å². The number of rotatable bonds is 12. The van der Waals surface area contributed by atoms with Crippen LogP contribution < -0.4 is 22.9 Å². The van der Waals surface area contributed by atoms with Gasteiger partial charge in [-0.05, 0) is 216 Å². The molecule has 0 saturated heterocycles. The van der Waals surface area contributed by atoms with Crippen LogP contribution >= 0.6 is 0 Å². The first-order chi connectivity index (χ1) is 63.6. The molecule has 22 rings (SSSR count). The van der Waals surface area contributed by atoms with Crippen molar-refractivity contribution < 1.29 is 76.3 Å². The molecule has 132 heavy (non-hydrogen) atoms. The second kappa shape index (κ2) is 35.8. The van der Waals surface area contributed by atoms with Gasteiger partial charge >= 0.3 is 23.9 Å². The highest BCUT2D eigenvalue weighted by molar-refractivity contribution is 6.02. The number of aromatic nitrogens is 4. The lowest BCUT2D eigenvalue weighted by Crippen LogP contribution is -2.44. The van der Waals surface area contributed by atoms with Crippen molar-refractivity contribution >= 4 is 68.6 Å². The van der Waals surface area contributed by atoms with Crippen molar-refractivity contribution in [2.75, 3.05) is 26.2 Å². The van der Waals surface area contributed by atoms with Crippen molar-refractivity contribution in [3.05, 3.63) is 261 Å². The minimum atomic E-state index is -0.302. The molecule has 0 amide bonds. The fourth-order valence-corrected chi connectivity index (χ4v) is 26.7. The Bertz CT molecular complexity index is 6010. The summed E-state index contributed by atoms with van der Waals surface area (Å²) in [7, 11) is 0. The molecule has 0 spiro atoms. The maximum atomic E-state index is 12.8. The number of Topliss-reactive ketones (excluding diaryl/α,β-unsaturated/α-hetero) is 4. The largest absolute Gasteiger partial charge is 0.489 e. The average Bonchev–Trinajstić information content (AvgIpc) is 1.55. The van der Waals surface area contributed by atoms with E-state index in [0.29, 0.717) is 95.1 Å². The number of hydrogen-bond acceptors (Lipinski definition) is 24. The first-order valence-corrected chi connectivity index (χ1v) is 47.5. The normalized spacial score (nSPS) is 35.0. The molecule has 2 aromatic carbocycles. The fourth-order valence-electron chi connectivity index (χ4n) is 26.7. The van der Waals surface area contributed by atoms with Crippen LogP contribution in [0.2, 0.25) is 0 Å². The number of benzene rings is 2. The van der Waals surface area contributed by atoms with E-state index in [2.05, 4.69) is 133 Å². The van der Waals surface area contributed by atoms with E-state index in [9.17, 15) is 38.4 Å². The molecular weight excluding hydrogens is 1670 g/mol. The third kappa shape index (κ3) is 16.1. The van der Waals surface area contributed by atoms with Crippen LogP contribution in [0.3, 0.4) is 0 Å². The Morgan fingerprint density at radius 1 is 0.379 bits per heavy atom. The smallest absolute Gasteiger partial charge is 0.302 e. The molecule has 24 atom stereocenters. The molecule has 8 N–H and O–H groups in total. The van der Waals surface area contributed by atoms with Crippen LogP contribution in [0.4, 0.5) is 0 Å². The first kappa shape index (κ1) is 89.8. The summed E-state index contributed by atoms with van der Waals surface area (Å²) in [5.74, 6) is 3.79. The van der Waals surface area contributed by atoms with Crippen molar-refractivity contribution in [2.45, 2.75) is 231 Å². The summed E-state index contributed by atoms with van der Waals surface area (Å²) in [6, 6.07) is 24.7. The lowest BCUT2D eigenvalue weighted by molar-refractivity contribution is -0.148. The van der Waals surface area contributed by atoms with Gasteiger partial charge in [-0.1, -0.05) is 101 Å². The van der Waals surface area contributed by atoms with Crippen LogP contribution in [-0.4, -0.2) is 142 Å². The zero-order valence-electron chi connectivity index (χ0n) is 76.5.